The number of ether oxygens (including phenoxy) is 1. The van der Waals surface area contributed by atoms with Gasteiger partial charge in [0.2, 0.25) is 5.91 Å². The summed E-state index contributed by atoms with van der Waals surface area (Å²) in [6.45, 7) is 1.26. The van der Waals surface area contributed by atoms with Crippen LogP contribution in [0.2, 0.25) is 0 Å². The van der Waals surface area contributed by atoms with Crippen molar-refractivity contribution in [3.05, 3.63) is 29.8 Å². The first-order chi connectivity index (χ1) is 13.4. The summed E-state index contributed by atoms with van der Waals surface area (Å²) in [4.78, 5) is 15.0. The van der Waals surface area contributed by atoms with E-state index in [4.69, 9.17) is 4.74 Å². The maximum Gasteiger partial charge on any atom is 0.281 e. The highest BCUT2D eigenvalue weighted by Gasteiger charge is 2.32. The molecule has 1 fully saturated rings. The molecule has 2 heterocycles. The topological polar surface area (TPSA) is 70.2 Å². The monoisotopic (exact) mass is 409 g/mol. The number of benzene rings is 1. The van der Waals surface area contributed by atoms with Gasteiger partial charge in [-0.05, 0) is 56.2 Å². The summed E-state index contributed by atoms with van der Waals surface area (Å²) in [5.41, 5.74) is 1.21. The number of carbonyl (C=O) groups is 1. The van der Waals surface area contributed by atoms with E-state index in [1.807, 2.05) is 17.0 Å². The van der Waals surface area contributed by atoms with E-state index in [9.17, 15) is 13.2 Å². The first-order valence-corrected chi connectivity index (χ1v) is 11.5. The lowest BCUT2D eigenvalue weighted by Gasteiger charge is -2.37. The Morgan fingerprint density at radius 2 is 1.93 bits per heavy atom. The lowest BCUT2D eigenvalue weighted by atomic mass is 9.95. The number of fused-ring (bicyclic) bond motifs is 3. The number of piperidine rings is 1. The average molecular weight is 410 g/mol. The Balaban J connectivity index is 1.86. The highest BCUT2D eigenvalue weighted by Crippen LogP contribution is 2.24. The predicted octanol–water partition coefficient (Wildman–Crippen LogP) is 1.89. The molecule has 0 aromatic heterocycles. The van der Waals surface area contributed by atoms with Gasteiger partial charge in [0.1, 0.15) is 5.75 Å². The molecular formula is C20H31N3O4S. The third-order valence-corrected chi connectivity index (χ3v) is 7.42. The molecule has 1 saturated heterocycles. The van der Waals surface area contributed by atoms with E-state index in [2.05, 4.69) is 12.1 Å². The SMILES string of the molecule is CN(C)S(=O)(=O)N1CCCOc2cccc(c2)CCC2CCCCN2C(=O)C1. The van der Waals surface area contributed by atoms with Crippen molar-refractivity contribution < 1.29 is 17.9 Å². The zero-order valence-corrected chi connectivity index (χ0v) is 17.7. The van der Waals surface area contributed by atoms with Gasteiger partial charge in [-0.2, -0.15) is 17.0 Å². The number of amides is 1. The lowest BCUT2D eigenvalue weighted by molar-refractivity contribution is -0.135. The molecule has 2 aliphatic heterocycles. The fourth-order valence-electron chi connectivity index (χ4n) is 3.93. The molecule has 1 unspecified atom stereocenters. The Hall–Kier alpha value is -1.64. The van der Waals surface area contributed by atoms with Crippen LogP contribution in [0.4, 0.5) is 0 Å². The smallest absolute Gasteiger partial charge is 0.281 e. The number of aryl methyl sites for hydroxylation is 1. The Morgan fingerprint density at radius 3 is 2.71 bits per heavy atom. The van der Waals surface area contributed by atoms with Crippen molar-refractivity contribution in [3.8, 4) is 5.75 Å². The van der Waals surface area contributed by atoms with Gasteiger partial charge in [0.05, 0.1) is 13.2 Å². The van der Waals surface area contributed by atoms with Crippen molar-refractivity contribution in [2.75, 3.05) is 40.3 Å². The maximum absolute atomic E-state index is 13.0. The third-order valence-electron chi connectivity index (χ3n) is 5.53. The molecule has 28 heavy (non-hydrogen) atoms. The van der Waals surface area contributed by atoms with E-state index >= 15 is 0 Å². The van der Waals surface area contributed by atoms with Gasteiger partial charge in [-0.25, -0.2) is 0 Å². The quantitative estimate of drug-likeness (QED) is 0.748. The second kappa shape index (κ2) is 9.24. The van der Waals surface area contributed by atoms with Gasteiger partial charge in [0.15, 0.2) is 0 Å². The molecule has 0 radical (unpaired) electrons. The van der Waals surface area contributed by atoms with Gasteiger partial charge >= 0.3 is 0 Å². The molecule has 2 aliphatic rings. The van der Waals surface area contributed by atoms with E-state index in [0.717, 1.165) is 37.9 Å². The molecule has 1 aromatic rings. The van der Waals surface area contributed by atoms with Gasteiger partial charge in [-0.3, -0.25) is 4.79 Å². The Morgan fingerprint density at radius 1 is 1.11 bits per heavy atom. The minimum absolute atomic E-state index is 0.0955. The fraction of sp³-hybridized carbons (Fsp3) is 0.650. The van der Waals surface area contributed by atoms with E-state index < -0.39 is 10.2 Å². The van der Waals surface area contributed by atoms with Gasteiger partial charge in [0, 0.05) is 33.2 Å². The van der Waals surface area contributed by atoms with Crippen LogP contribution in [0, 0.1) is 0 Å². The molecule has 8 heteroatoms. The molecule has 7 nitrogen and oxygen atoms in total. The van der Waals surface area contributed by atoms with E-state index in [-0.39, 0.29) is 25.0 Å². The largest absolute Gasteiger partial charge is 0.494 e. The van der Waals surface area contributed by atoms with Crippen LogP contribution < -0.4 is 4.74 Å². The average Bonchev–Trinajstić information content (AvgIpc) is 2.68. The molecule has 0 spiro atoms. The van der Waals surface area contributed by atoms with E-state index in [1.54, 1.807) is 0 Å². The molecule has 1 amide bonds. The predicted molar refractivity (Wildman–Crippen MR) is 108 cm³/mol. The van der Waals surface area contributed by atoms with Crippen LogP contribution in [-0.4, -0.2) is 74.2 Å². The summed E-state index contributed by atoms with van der Waals surface area (Å²) in [5, 5.41) is 0. The Bertz CT molecular complexity index is 781. The molecule has 1 atom stereocenters. The summed E-state index contributed by atoms with van der Waals surface area (Å²) < 4.78 is 33.7. The van der Waals surface area contributed by atoms with Crippen molar-refractivity contribution in [1.29, 1.82) is 0 Å². The number of rotatable bonds is 2. The van der Waals surface area contributed by atoms with E-state index in [0.29, 0.717) is 19.6 Å². The van der Waals surface area contributed by atoms with Crippen molar-refractivity contribution in [2.24, 2.45) is 0 Å². The maximum atomic E-state index is 13.0. The van der Waals surface area contributed by atoms with Crippen molar-refractivity contribution in [1.82, 2.24) is 13.5 Å². The van der Waals surface area contributed by atoms with Crippen molar-refractivity contribution in [3.63, 3.8) is 0 Å². The molecule has 2 bridgehead atoms. The Labute approximate surface area is 168 Å². The van der Waals surface area contributed by atoms with Gasteiger partial charge in [-0.1, -0.05) is 12.1 Å². The fourth-order valence-corrected chi connectivity index (χ4v) is 5.03. The molecule has 3 rings (SSSR count). The second-order valence-electron chi connectivity index (χ2n) is 7.75. The highest BCUT2D eigenvalue weighted by atomic mass is 32.2. The zero-order valence-electron chi connectivity index (χ0n) is 16.8. The van der Waals surface area contributed by atoms with Crippen LogP contribution >= 0.6 is 0 Å². The van der Waals surface area contributed by atoms with Gasteiger partial charge in [0.25, 0.3) is 10.2 Å². The molecule has 156 valence electrons. The summed E-state index contributed by atoms with van der Waals surface area (Å²) in [5.74, 6) is 0.718. The minimum Gasteiger partial charge on any atom is -0.494 e. The molecule has 0 N–H and O–H groups in total. The van der Waals surface area contributed by atoms with Gasteiger partial charge < -0.3 is 9.64 Å². The van der Waals surface area contributed by atoms with Crippen molar-refractivity contribution >= 4 is 16.1 Å². The molecule has 1 aromatic carbocycles. The van der Waals surface area contributed by atoms with Crippen molar-refractivity contribution in [2.45, 2.75) is 44.6 Å². The second-order valence-corrected chi connectivity index (χ2v) is 9.89. The number of carbonyl (C=O) groups excluding carboxylic acids is 1. The standard InChI is InChI=1S/C20H31N3O4S/c1-21(2)28(25,26)22-12-6-14-27-19-9-5-7-17(15-19)10-11-18-8-3-4-13-23(18)20(24)16-22/h5,7,9,15,18H,3-4,6,8,10-14,16H2,1-2H3. The summed E-state index contributed by atoms with van der Waals surface area (Å²) in [6.07, 6.45) is 5.35. The van der Waals surface area contributed by atoms with Gasteiger partial charge in [-0.15, -0.1) is 0 Å². The first kappa shape index (κ1) is 21.1. The van der Waals surface area contributed by atoms with Crippen LogP contribution in [0.5, 0.6) is 5.75 Å². The number of hydrogen-bond acceptors (Lipinski definition) is 4. The highest BCUT2D eigenvalue weighted by molar-refractivity contribution is 7.86. The molecule has 0 aliphatic carbocycles. The number of hydrogen-bond donors (Lipinski definition) is 0. The number of nitrogens with zero attached hydrogens (tertiary/aromatic N) is 3. The lowest BCUT2D eigenvalue weighted by Crippen LogP contribution is -2.51. The van der Waals surface area contributed by atoms with Crippen LogP contribution in [0.3, 0.4) is 0 Å². The normalized spacial score (nSPS) is 23.0. The minimum atomic E-state index is -3.67. The van der Waals surface area contributed by atoms with Crippen LogP contribution in [0.15, 0.2) is 24.3 Å². The Kier molecular flexibility index (Phi) is 6.95. The van der Waals surface area contributed by atoms with Crippen LogP contribution in [0.1, 0.15) is 37.7 Å². The third kappa shape index (κ3) is 5.04. The van der Waals surface area contributed by atoms with Crippen LogP contribution in [-0.2, 0) is 21.4 Å². The molecule has 0 saturated carbocycles. The van der Waals surface area contributed by atoms with E-state index in [1.165, 1.54) is 28.3 Å². The van der Waals surface area contributed by atoms with Crippen LogP contribution in [0.25, 0.3) is 0 Å². The summed E-state index contributed by atoms with van der Waals surface area (Å²) in [6, 6.07) is 8.23. The first-order valence-electron chi connectivity index (χ1n) is 10.1. The molecular weight excluding hydrogens is 378 g/mol. The summed E-state index contributed by atoms with van der Waals surface area (Å²) in [7, 11) is -0.673. The zero-order chi connectivity index (χ0) is 20.1. The summed E-state index contributed by atoms with van der Waals surface area (Å²) >= 11 is 0.